The van der Waals surface area contributed by atoms with Crippen molar-refractivity contribution in [1.82, 2.24) is 10.6 Å². The maximum Gasteiger partial charge on any atom is 0.314 e. The molecule has 1 heterocycles. The van der Waals surface area contributed by atoms with Crippen LogP contribution in [-0.4, -0.2) is 34.2 Å². The second-order valence-electron chi connectivity index (χ2n) is 4.57. The van der Waals surface area contributed by atoms with Gasteiger partial charge in [0.15, 0.2) is 0 Å². The molecule has 0 aliphatic heterocycles. The summed E-state index contributed by atoms with van der Waals surface area (Å²) in [6.07, 6.45) is -0.713. The standard InChI is InChI=1S/C15H18N2O3S2/c18-14(12-6-8-21-11-12)10-17-15(19)16-7-9-22(20)13-4-2-1-3-5-13/h1-6,8,11,14,18H,7,9-10H2,(H2,16,17,19). The van der Waals surface area contributed by atoms with Gasteiger partial charge in [-0.15, -0.1) is 0 Å². The molecule has 2 unspecified atom stereocenters. The Balaban J connectivity index is 1.65. The number of rotatable bonds is 7. The third kappa shape index (κ3) is 5.25. The zero-order valence-electron chi connectivity index (χ0n) is 11.9. The molecule has 1 aromatic carbocycles. The van der Waals surface area contributed by atoms with Gasteiger partial charge in [0.25, 0.3) is 0 Å². The second kappa shape index (κ2) is 8.67. The van der Waals surface area contributed by atoms with Gasteiger partial charge < -0.3 is 15.7 Å². The van der Waals surface area contributed by atoms with Crippen molar-refractivity contribution in [2.45, 2.75) is 11.0 Å². The van der Waals surface area contributed by atoms with Crippen molar-refractivity contribution >= 4 is 28.2 Å². The molecule has 7 heteroatoms. The van der Waals surface area contributed by atoms with Gasteiger partial charge in [-0.1, -0.05) is 18.2 Å². The summed E-state index contributed by atoms with van der Waals surface area (Å²) in [5.41, 5.74) is 0.787. The SMILES string of the molecule is O=C(NCCS(=O)c1ccccc1)NCC(O)c1ccsc1. The smallest absolute Gasteiger partial charge is 0.314 e. The fourth-order valence-corrected chi connectivity index (χ4v) is 3.47. The summed E-state index contributed by atoms with van der Waals surface area (Å²) in [5, 5.41) is 18.8. The van der Waals surface area contributed by atoms with Crippen LogP contribution in [-0.2, 0) is 10.8 Å². The molecule has 2 aromatic rings. The van der Waals surface area contributed by atoms with E-state index in [1.165, 1.54) is 11.3 Å². The molecule has 0 aliphatic carbocycles. The van der Waals surface area contributed by atoms with Gasteiger partial charge in [0, 0.05) is 23.7 Å². The number of carbonyl (C=O) groups is 1. The van der Waals surface area contributed by atoms with E-state index < -0.39 is 16.9 Å². The van der Waals surface area contributed by atoms with Crippen molar-refractivity contribution in [2.75, 3.05) is 18.8 Å². The van der Waals surface area contributed by atoms with Crippen LogP contribution in [0.3, 0.4) is 0 Å². The van der Waals surface area contributed by atoms with Crippen LogP contribution in [0.15, 0.2) is 52.1 Å². The van der Waals surface area contributed by atoms with Gasteiger partial charge in [-0.3, -0.25) is 4.21 Å². The number of nitrogens with one attached hydrogen (secondary N) is 2. The highest BCUT2D eigenvalue weighted by Crippen LogP contribution is 2.14. The fraction of sp³-hybridized carbons (Fsp3) is 0.267. The van der Waals surface area contributed by atoms with Gasteiger partial charge in [0.1, 0.15) is 0 Å². The number of aliphatic hydroxyl groups is 1. The molecular weight excluding hydrogens is 320 g/mol. The van der Waals surface area contributed by atoms with E-state index in [2.05, 4.69) is 10.6 Å². The van der Waals surface area contributed by atoms with Gasteiger partial charge in [-0.25, -0.2) is 4.79 Å². The van der Waals surface area contributed by atoms with E-state index in [-0.39, 0.29) is 12.6 Å². The zero-order chi connectivity index (χ0) is 15.8. The number of thiophene rings is 1. The van der Waals surface area contributed by atoms with Crippen LogP contribution in [0.1, 0.15) is 11.7 Å². The molecule has 22 heavy (non-hydrogen) atoms. The van der Waals surface area contributed by atoms with Crippen LogP contribution in [0.4, 0.5) is 4.79 Å². The predicted molar refractivity (Wildman–Crippen MR) is 88.4 cm³/mol. The summed E-state index contributed by atoms with van der Waals surface area (Å²) in [6, 6.07) is 10.6. The molecule has 0 aliphatic rings. The van der Waals surface area contributed by atoms with Crippen LogP contribution in [0.25, 0.3) is 0 Å². The van der Waals surface area contributed by atoms with Crippen molar-refractivity contribution < 1.29 is 14.1 Å². The Bertz CT molecular complexity index is 603. The van der Waals surface area contributed by atoms with E-state index in [0.717, 1.165) is 10.5 Å². The Hall–Kier alpha value is -1.70. The van der Waals surface area contributed by atoms with E-state index in [4.69, 9.17) is 0 Å². The van der Waals surface area contributed by atoms with E-state index >= 15 is 0 Å². The second-order valence-corrected chi connectivity index (χ2v) is 6.92. The molecule has 5 nitrogen and oxygen atoms in total. The third-order valence-corrected chi connectivity index (χ3v) is 5.04. The Kier molecular flexibility index (Phi) is 6.57. The minimum atomic E-state index is -1.13. The minimum Gasteiger partial charge on any atom is -0.387 e. The topological polar surface area (TPSA) is 78.4 Å². The molecule has 0 radical (unpaired) electrons. The van der Waals surface area contributed by atoms with Crippen molar-refractivity contribution in [1.29, 1.82) is 0 Å². The fourth-order valence-electron chi connectivity index (χ4n) is 1.78. The summed E-state index contributed by atoms with van der Waals surface area (Å²) in [7, 11) is -1.13. The summed E-state index contributed by atoms with van der Waals surface area (Å²) >= 11 is 1.50. The van der Waals surface area contributed by atoms with Crippen molar-refractivity contribution in [3.8, 4) is 0 Å². The van der Waals surface area contributed by atoms with E-state index in [1.54, 1.807) is 12.1 Å². The molecule has 0 saturated heterocycles. The molecule has 3 N–H and O–H groups in total. The maximum absolute atomic E-state index is 11.9. The Labute approximate surface area is 135 Å². The first-order chi connectivity index (χ1) is 10.7. The van der Waals surface area contributed by atoms with Crippen LogP contribution in [0, 0.1) is 0 Å². The first-order valence-corrected chi connectivity index (χ1v) is 9.08. The monoisotopic (exact) mass is 338 g/mol. The Morgan fingerprint density at radius 1 is 1.23 bits per heavy atom. The third-order valence-electron chi connectivity index (χ3n) is 2.96. The van der Waals surface area contributed by atoms with E-state index in [0.29, 0.717) is 12.3 Å². The molecule has 2 rings (SSSR count). The number of hydrogen-bond donors (Lipinski definition) is 3. The van der Waals surface area contributed by atoms with Crippen LogP contribution >= 0.6 is 11.3 Å². The lowest BCUT2D eigenvalue weighted by Gasteiger charge is -2.11. The predicted octanol–water partition coefficient (Wildman–Crippen LogP) is 1.89. The molecule has 1 aromatic heterocycles. The van der Waals surface area contributed by atoms with Crippen molar-refractivity contribution in [3.05, 3.63) is 52.7 Å². The van der Waals surface area contributed by atoms with Gasteiger partial charge in [0.2, 0.25) is 0 Å². The molecule has 0 bridgehead atoms. The molecule has 2 atom stereocenters. The molecule has 118 valence electrons. The number of aliphatic hydroxyl groups excluding tert-OH is 1. The van der Waals surface area contributed by atoms with E-state index in [1.807, 2.05) is 35.0 Å². The van der Waals surface area contributed by atoms with Crippen molar-refractivity contribution in [2.24, 2.45) is 0 Å². The van der Waals surface area contributed by atoms with Crippen LogP contribution in [0.5, 0.6) is 0 Å². The van der Waals surface area contributed by atoms with Gasteiger partial charge >= 0.3 is 6.03 Å². The highest BCUT2D eigenvalue weighted by atomic mass is 32.2. The van der Waals surface area contributed by atoms with Crippen LogP contribution in [0.2, 0.25) is 0 Å². The largest absolute Gasteiger partial charge is 0.387 e. The Morgan fingerprint density at radius 3 is 2.68 bits per heavy atom. The number of urea groups is 1. The Morgan fingerprint density at radius 2 is 2.00 bits per heavy atom. The molecule has 0 saturated carbocycles. The number of carbonyl (C=O) groups excluding carboxylic acids is 1. The molecule has 0 spiro atoms. The minimum absolute atomic E-state index is 0.143. The first-order valence-electron chi connectivity index (χ1n) is 6.82. The highest BCUT2D eigenvalue weighted by Gasteiger charge is 2.10. The van der Waals surface area contributed by atoms with Crippen molar-refractivity contribution in [3.63, 3.8) is 0 Å². The average molecular weight is 338 g/mol. The number of hydrogen-bond acceptors (Lipinski definition) is 4. The summed E-state index contributed by atoms with van der Waals surface area (Å²) in [6.45, 7) is 0.451. The quantitative estimate of drug-likeness (QED) is 0.721. The van der Waals surface area contributed by atoms with Crippen LogP contribution < -0.4 is 10.6 Å². The summed E-state index contributed by atoms with van der Waals surface area (Å²) in [5.74, 6) is 0.352. The lowest BCUT2D eigenvalue weighted by molar-refractivity contribution is 0.173. The number of amides is 2. The van der Waals surface area contributed by atoms with Gasteiger partial charge in [-0.05, 0) is 34.5 Å². The van der Waals surface area contributed by atoms with E-state index in [9.17, 15) is 14.1 Å². The first kappa shape index (κ1) is 16.7. The van der Waals surface area contributed by atoms with Gasteiger partial charge in [0.05, 0.1) is 16.9 Å². The summed E-state index contributed by atoms with van der Waals surface area (Å²) < 4.78 is 11.9. The normalized spacial score (nSPS) is 13.3. The average Bonchev–Trinajstić information content (AvgIpc) is 3.08. The maximum atomic E-state index is 11.9. The highest BCUT2D eigenvalue weighted by molar-refractivity contribution is 7.85. The number of benzene rings is 1. The molecule has 2 amide bonds. The molecular formula is C15H18N2O3S2. The lowest BCUT2D eigenvalue weighted by Crippen LogP contribution is -2.39. The summed E-state index contributed by atoms with van der Waals surface area (Å²) in [4.78, 5) is 12.4. The van der Waals surface area contributed by atoms with Gasteiger partial charge in [-0.2, -0.15) is 11.3 Å². The lowest BCUT2D eigenvalue weighted by atomic mass is 10.2. The molecule has 0 fully saturated rings. The zero-order valence-corrected chi connectivity index (χ0v) is 13.5.